The van der Waals surface area contributed by atoms with Crippen molar-refractivity contribution in [3.05, 3.63) is 109 Å². The van der Waals surface area contributed by atoms with E-state index in [1.807, 2.05) is 0 Å². The Labute approximate surface area is 422 Å². The first-order valence-electron chi connectivity index (χ1n) is 27.4. The van der Waals surface area contributed by atoms with Crippen LogP contribution >= 0.6 is 7.82 Å². The van der Waals surface area contributed by atoms with Crippen LogP contribution in [0.25, 0.3) is 0 Å². The van der Waals surface area contributed by atoms with Gasteiger partial charge in [0.2, 0.25) is 0 Å². The smallest absolute Gasteiger partial charge is 0.462 e. The number of hydrogen-bond acceptors (Lipinski definition) is 8. The van der Waals surface area contributed by atoms with Gasteiger partial charge in [-0.25, -0.2) is 4.57 Å². The Balaban J connectivity index is 4.01. The van der Waals surface area contributed by atoms with Crippen molar-refractivity contribution >= 4 is 19.8 Å². The predicted molar refractivity (Wildman–Crippen MR) is 293 cm³/mol. The van der Waals surface area contributed by atoms with E-state index in [-0.39, 0.29) is 32.6 Å². The Morgan fingerprint density at radius 1 is 0.435 bits per heavy atom. The van der Waals surface area contributed by atoms with Crippen LogP contribution in [0, 0.1) is 0 Å². The standard InChI is InChI=1S/C59H100NO8P/c1-3-5-7-9-11-13-15-17-19-21-22-23-24-25-26-27-28-29-30-31-32-33-34-36-38-40-42-44-46-48-50-52-59(62)68-57(56-67-69(63,64)66-54-53-60)55-65-58(61)51-49-47-45-43-41-39-37-35-20-18-16-14-12-10-8-6-4-2/h5-8,11-14,17-20,22-23,25-26,28-29,57H,3-4,9-10,15-16,21,24,27,30-56,60H2,1-2H3,(H,63,64)/b7-5-,8-6-,13-11-,14-12-,19-17-,20-18-,23-22-,26-25-,29-28-. The van der Waals surface area contributed by atoms with E-state index in [0.717, 1.165) is 109 Å². The predicted octanol–water partition coefficient (Wildman–Crippen LogP) is 17.1. The fraction of sp³-hybridized carbons (Fsp3) is 0.661. The topological polar surface area (TPSA) is 134 Å². The van der Waals surface area contributed by atoms with Crippen LogP contribution in [-0.2, 0) is 32.7 Å². The SMILES string of the molecule is CC/C=C\C/C=C\C/C=C\C/C=C\C/C=C\C/C=C\CCCCCCCCCCCCCCC(=O)OC(COC(=O)CCCCCCCCC/C=C\C/C=C\C/C=C\CC)COP(=O)(O)OCCN. The highest BCUT2D eigenvalue weighted by atomic mass is 31.2. The summed E-state index contributed by atoms with van der Waals surface area (Å²) in [6.45, 7) is 3.50. The molecule has 2 atom stereocenters. The van der Waals surface area contributed by atoms with Gasteiger partial charge < -0.3 is 20.1 Å². The van der Waals surface area contributed by atoms with E-state index < -0.39 is 32.5 Å². The zero-order valence-electron chi connectivity index (χ0n) is 43.8. The Bertz CT molecular complexity index is 1490. The Morgan fingerprint density at radius 3 is 1.12 bits per heavy atom. The first-order chi connectivity index (χ1) is 33.8. The molecule has 2 unspecified atom stereocenters. The second-order valence-corrected chi connectivity index (χ2v) is 19.1. The molecule has 394 valence electrons. The van der Waals surface area contributed by atoms with Gasteiger partial charge in [0.05, 0.1) is 13.2 Å². The molecule has 69 heavy (non-hydrogen) atoms. The molecule has 0 fully saturated rings. The monoisotopic (exact) mass is 982 g/mol. The van der Waals surface area contributed by atoms with Gasteiger partial charge in [-0.1, -0.05) is 220 Å². The molecule has 0 spiro atoms. The number of esters is 2. The van der Waals surface area contributed by atoms with Gasteiger partial charge in [-0.2, -0.15) is 0 Å². The van der Waals surface area contributed by atoms with Gasteiger partial charge in [0.1, 0.15) is 6.61 Å². The molecule has 0 radical (unpaired) electrons. The average molecular weight is 982 g/mol. The number of carbonyl (C=O) groups excluding carboxylic acids is 2. The van der Waals surface area contributed by atoms with Gasteiger partial charge in [0.25, 0.3) is 0 Å². The number of phosphoric ester groups is 1. The van der Waals surface area contributed by atoms with Gasteiger partial charge in [-0.05, 0) is 96.3 Å². The molecule has 0 heterocycles. The fourth-order valence-electron chi connectivity index (χ4n) is 7.18. The minimum atomic E-state index is -4.39. The Morgan fingerprint density at radius 2 is 0.754 bits per heavy atom. The van der Waals surface area contributed by atoms with E-state index in [2.05, 4.69) is 123 Å². The molecular formula is C59H100NO8P. The first kappa shape index (κ1) is 65.7. The summed E-state index contributed by atoms with van der Waals surface area (Å²) in [5.74, 6) is -0.846. The summed E-state index contributed by atoms with van der Waals surface area (Å²) in [5, 5.41) is 0. The molecule has 0 amide bonds. The number of unbranched alkanes of at least 4 members (excludes halogenated alkanes) is 19. The third-order valence-corrected chi connectivity index (χ3v) is 12.1. The van der Waals surface area contributed by atoms with E-state index in [1.54, 1.807) is 0 Å². The maximum atomic E-state index is 12.7. The van der Waals surface area contributed by atoms with Crippen molar-refractivity contribution in [1.82, 2.24) is 0 Å². The third kappa shape index (κ3) is 53.9. The molecule has 0 saturated heterocycles. The minimum Gasteiger partial charge on any atom is -0.462 e. The number of ether oxygens (including phenoxy) is 2. The maximum absolute atomic E-state index is 12.7. The lowest BCUT2D eigenvalue weighted by molar-refractivity contribution is -0.161. The molecule has 0 rings (SSSR count). The molecule has 0 aliphatic carbocycles. The van der Waals surface area contributed by atoms with Crippen LogP contribution in [0.1, 0.15) is 219 Å². The summed E-state index contributed by atoms with van der Waals surface area (Å²) >= 11 is 0. The molecule has 0 aromatic rings. The van der Waals surface area contributed by atoms with E-state index >= 15 is 0 Å². The zero-order valence-corrected chi connectivity index (χ0v) is 44.6. The molecule has 0 aliphatic rings. The Kier molecular flexibility index (Phi) is 51.4. The number of nitrogens with two attached hydrogens (primary N) is 1. The lowest BCUT2D eigenvalue weighted by atomic mass is 10.0. The Hall–Kier alpha value is -3.33. The van der Waals surface area contributed by atoms with E-state index in [9.17, 15) is 19.0 Å². The van der Waals surface area contributed by atoms with Crippen molar-refractivity contribution in [1.29, 1.82) is 0 Å². The molecule has 0 bridgehead atoms. The zero-order chi connectivity index (χ0) is 50.2. The normalized spacial score (nSPS) is 14.0. The molecule has 9 nitrogen and oxygen atoms in total. The van der Waals surface area contributed by atoms with Gasteiger partial charge in [0, 0.05) is 19.4 Å². The van der Waals surface area contributed by atoms with Crippen LogP contribution in [0.15, 0.2) is 109 Å². The molecular weight excluding hydrogens is 882 g/mol. The fourth-order valence-corrected chi connectivity index (χ4v) is 7.95. The second kappa shape index (κ2) is 54.0. The number of hydrogen-bond donors (Lipinski definition) is 2. The summed E-state index contributed by atoms with van der Waals surface area (Å²) in [4.78, 5) is 35.1. The quantitative estimate of drug-likeness (QED) is 0.0264. The number of phosphoric acid groups is 1. The summed E-state index contributed by atoms with van der Waals surface area (Å²) in [5.41, 5.74) is 5.37. The van der Waals surface area contributed by atoms with Gasteiger partial charge in [-0.15, -0.1) is 0 Å². The molecule has 0 aromatic heterocycles. The lowest BCUT2D eigenvalue weighted by Gasteiger charge is -2.19. The van der Waals surface area contributed by atoms with Crippen molar-refractivity contribution in [3.8, 4) is 0 Å². The van der Waals surface area contributed by atoms with Crippen molar-refractivity contribution in [2.75, 3.05) is 26.4 Å². The van der Waals surface area contributed by atoms with E-state index in [4.69, 9.17) is 24.3 Å². The average Bonchev–Trinajstić information content (AvgIpc) is 3.34. The highest BCUT2D eigenvalue weighted by molar-refractivity contribution is 7.47. The molecule has 0 aromatic carbocycles. The highest BCUT2D eigenvalue weighted by Crippen LogP contribution is 2.43. The molecule has 0 aliphatic heterocycles. The summed E-state index contributed by atoms with van der Waals surface area (Å²) in [6, 6.07) is 0. The van der Waals surface area contributed by atoms with Crippen LogP contribution in [-0.4, -0.2) is 49.3 Å². The molecule has 3 N–H and O–H groups in total. The van der Waals surface area contributed by atoms with Crippen molar-refractivity contribution in [2.45, 2.75) is 225 Å². The number of carbonyl (C=O) groups is 2. The van der Waals surface area contributed by atoms with Gasteiger partial charge in [0.15, 0.2) is 6.10 Å². The number of allylic oxidation sites excluding steroid dienone is 18. The number of rotatable bonds is 50. The second-order valence-electron chi connectivity index (χ2n) is 17.7. The van der Waals surface area contributed by atoms with Crippen LogP contribution in [0.5, 0.6) is 0 Å². The van der Waals surface area contributed by atoms with Crippen LogP contribution in [0.2, 0.25) is 0 Å². The molecule has 10 heteroatoms. The van der Waals surface area contributed by atoms with E-state index in [0.29, 0.717) is 6.42 Å². The van der Waals surface area contributed by atoms with Crippen LogP contribution in [0.3, 0.4) is 0 Å². The van der Waals surface area contributed by atoms with E-state index in [1.165, 1.54) is 77.0 Å². The van der Waals surface area contributed by atoms with Crippen LogP contribution in [0.4, 0.5) is 0 Å². The minimum absolute atomic E-state index is 0.0466. The first-order valence-corrected chi connectivity index (χ1v) is 28.9. The maximum Gasteiger partial charge on any atom is 0.472 e. The van der Waals surface area contributed by atoms with Crippen molar-refractivity contribution < 1.29 is 37.6 Å². The summed E-state index contributed by atoms with van der Waals surface area (Å²) < 4.78 is 33.0. The van der Waals surface area contributed by atoms with Gasteiger partial charge in [-0.3, -0.25) is 18.6 Å². The lowest BCUT2D eigenvalue weighted by Crippen LogP contribution is -2.29. The van der Waals surface area contributed by atoms with Gasteiger partial charge >= 0.3 is 19.8 Å². The van der Waals surface area contributed by atoms with Crippen LogP contribution < -0.4 is 5.73 Å². The summed E-state index contributed by atoms with van der Waals surface area (Å²) in [6.07, 6.45) is 72.8. The van der Waals surface area contributed by atoms with Crippen molar-refractivity contribution in [2.24, 2.45) is 5.73 Å². The largest absolute Gasteiger partial charge is 0.472 e. The third-order valence-electron chi connectivity index (χ3n) is 11.2. The van der Waals surface area contributed by atoms with Crippen molar-refractivity contribution in [3.63, 3.8) is 0 Å². The summed E-state index contributed by atoms with van der Waals surface area (Å²) in [7, 11) is -4.39. The molecule has 0 saturated carbocycles. The highest BCUT2D eigenvalue weighted by Gasteiger charge is 2.26.